The molecule has 2 rings (SSSR count). The van der Waals surface area contributed by atoms with Crippen molar-refractivity contribution in [3.8, 4) is 0 Å². The van der Waals surface area contributed by atoms with Crippen molar-refractivity contribution in [2.24, 2.45) is 11.8 Å². The van der Waals surface area contributed by atoms with Crippen molar-refractivity contribution in [2.75, 3.05) is 12.3 Å². The summed E-state index contributed by atoms with van der Waals surface area (Å²) in [5, 5.41) is 11.8. The zero-order valence-electron chi connectivity index (χ0n) is 11.2. The summed E-state index contributed by atoms with van der Waals surface area (Å²) < 4.78 is 0. The molecule has 2 atom stereocenters. The van der Waals surface area contributed by atoms with Crippen molar-refractivity contribution in [1.29, 1.82) is 0 Å². The van der Waals surface area contributed by atoms with E-state index in [9.17, 15) is 9.59 Å². The molecule has 0 heterocycles. The number of aliphatic carboxylic acids is 1. The lowest BCUT2D eigenvalue weighted by Crippen LogP contribution is -2.31. The van der Waals surface area contributed by atoms with Crippen LogP contribution in [0.2, 0.25) is 0 Å². The molecule has 1 aliphatic rings. The SMILES string of the molecule is O=C(O)[C@@H]1CC[C@H](C(=O)NCCSc2ccccc2)C1. The van der Waals surface area contributed by atoms with Crippen LogP contribution in [0.3, 0.4) is 0 Å². The summed E-state index contributed by atoms with van der Waals surface area (Å²) in [5.74, 6) is -0.421. The van der Waals surface area contributed by atoms with Crippen LogP contribution in [0.15, 0.2) is 35.2 Å². The summed E-state index contributed by atoms with van der Waals surface area (Å²) in [6.45, 7) is 0.618. The van der Waals surface area contributed by atoms with Crippen LogP contribution in [0.1, 0.15) is 19.3 Å². The second-order valence-corrected chi connectivity index (χ2v) is 6.17. The lowest BCUT2D eigenvalue weighted by Gasteiger charge is -2.10. The first-order chi connectivity index (χ1) is 9.66. The number of nitrogens with one attached hydrogen (secondary N) is 1. The Bertz CT molecular complexity index is 463. The van der Waals surface area contributed by atoms with E-state index < -0.39 is 5.97 Å². The zero-order chi connectivity index (χ0) is 14.4. The Morgan fingerprint density at radius 2 is 1.90 bits per heavy atom. The minimum absolute atomic E-state index is 0.00223. The summed E-state index contributed by atoms with van der Waals surface area (Å²) in [6, 6.07) is 10.0. The lowest BCUT2D eigenvalue weighted by atomic mass is 10.0. The average Bonchev–Trinajstić information content (AvgIpc) is 2.94. The van der Waals surface area contributed by atoms with Crippen LogP contribution >= 0.6 is 11.8 Å². The second-order valence-electron chi connectivity index (χ2n) is 5.00. The number of carboxylic acid groups (broad SMARTS) is 1. The van der Waals surface area contributed by atoms with E-state index in [1.165, 1.54) is 4.90 Å². The Kier molecular flexibility index (Phi) is 5.47. The van der Waals surface area contributed by atoms with Crippen molar-refractivity contribution in [1.82, 2.24) is 5.32 Å². The van der Waals surface area contributed by atoms with Crippen molar-refractivity contribution in [3.05, 3.63) is 30.3 Å². The van der Waals surface area contributed by atoms with E-state index >= 15 is 0 Å². The van der Waals surface area contributed by atoms with E-state index in [1.54, 1.807) is 11.8 Å². The molecule has 0 unspecified atom stereocenters. The molecule has 0 bridgehead atoms. The molecule has 1 aliphatic carbocycles. The fraction of sp³-hybridized carbons (Fsp3) is 0.467. The lowest BCUT2D eigenvalue weighted by molar-refractivity contribution is -0.141. The van der Waals surface area contributed by atoms with Gasteiger partial charge in [0, 0.05) is 23.1 Å². The molecule has 1 saturated carbocycles. The van der Waals surface area contributed by atoms with Gasteiger partial charge >= 0.3 is 5.97 Å². The molecule has 5 heteroatoms. The van der Waals surface area contributed by atoms with Crippen LogP contribution < -0.4 is 5.32 Å². The Hall–Kier alpha value is -1.49. The molecule has 2 N–H and O–H groups in total. The monoisotopic (exact) mass is 293 g/mol. The molecule has 0 spiro atoms. The molecule has 1 amide bonds. The minimum Gasteiger partial charge on any atom is -0.481 e. The molecule has 20 heavy (non-hydrogen) atoms. The van der Waals surface area contributed by atoms with Crippen LogP contribution in [0, 0.1) is 11.8 Å². The molecule has 0 aromatic heterocycles. The predicted octanol–water partition coefficient (Wildman–Crippen LogP) is 2.40. The molecule has 0 saturated heterocycles. The second kappa shape index (κ2) is 7.33. The standard InChI is InChI=1S/C15H19NO3S/c17-14(11-6-7-12(10-11)15(18)19)16-8-9-20-13-4-2-1-3-5-13/h1-5,11-12H,6-10H2,(H,16,17)(H,18,19)/t11-,12+/m0/s1. The highest BCUT2D eigenvalue weighted by molar-refractivity contribution is 7.99. The van der Waals surface area contributed by atoms with Gasteiger partial charge < -0.3 is 10.4 Å². The maximum atomic E-state index is 11.9. The highest BCUT2D eigenvalue weighted by Crippen LogP contribution is 2.31. The number of rotatable bonds is 6. The number of amides is 1. The number of carboxylic acids is 1. The topological polar surface area (TPSA) is 66.4 Å². The number of carbonyl (C=O) groups is 2. The molecule has 0 radical (unpaired) electrons. The quantitative estimate of drug-likeness (QED) is 0.624. The Morgan fingerprint density at radius 1 is 1.20 bits per heavy atom. The van der Waals surface area contributed by atoms with Gasteiger partial charge in [-0.1, -0.05) is 18.2 Å². The first-order valence-electron chi connectivity index (χ1n) is 6.85. The molecule has 0 aliphatic heterocycles. The molecule has 1 aromatic rings. The van der Waals surface area contributed by atoms with Gasteiger partial charge in [0.1, 0.15) is 0 Å². The summed E-state index contributed by atoms with van der Waals surface area (Å²) in [4.78, 5) is 24.0. The van der Waals surface area contributed by atoms with Gasteiger partial charge in [-0.25, -0.2) is 0 Å². The molecular weight excluding hydrogens is 274 g/mol. The maximum Gasteiger partial charge on any atom is 0.306 e. The van der Waals surface area contributed by atoms with E-state index in [1.807, 2.05) is 30.3 Å². The molecular formula is C15H19NO3S. The Morgan fingerprint density at radius 3 is 2.55 bits per heavy atom. The molecule has 1 aromatic carbocycles. The fourth-order valence-electron chi connectivity index (χ4n) is 2.45. The van der Waals surface area contributed by atoms with Crippen LogP contribution in [0.5, 0.6) is 0 Å². The number of thioether (sulfide) groups is 1. The summed E-state index contributed by atoms with van der Waals surface area (Å²) >= 11 is 1.70. The fourth-order valence-corrected chi connectivity index (χ4v) is 3.24. The molecule has 1 fully saturated rings. The summed E-state index contributed by atoms with van der Waals surface area (Å²) in [7, 11) is 0. The van der Waals surface area contributed by atoms with Gasteiger partial charge in [0.2, 0.25) is 5.91 Å². The maximum absolute atomic E-state index is 11.9. The number of hydrogen-bond donors (Lipinski definition) is 2. The van der Waals surface area contributed by atoms with E-state index in [2.05, 4.69) is 5.32 Å². The van der Waals surface area contributed by atoms with Gasteiger partial charge in [0.25, 0.3) is 0 Å². The highest BCUT2D eigenvalue weighted by atomic mass is 32.2. The minimum atomic E-state index is -0.778. The van der Waals surface area contributed by atoms with E-state index in [0.717, 1.165) is 5.75 Å². The highest BCUT2D eigenvalue weighted by Gasteiger charge is 2.33. The van der Waals surface area contributed by atoms with Crippen molar-refractivity contribution >= 4 is 23.6 Å². The normalized spacial score (nSPS) is 21.6. The largest absolute Gasteiger partial charge is 0.481 e. The molecule has 108 valence electrons. The van der Waals surface area contributed by atoms with Gasteiger partial charge in [0.05, 0.1) is 5.92 Å². The van der Waals surface area contributed by atoms with Gasteiger partial charge in [-0.05, 0) is 31.4 Å². The summed E-state index contributed by atoms with van der Waals surface area (Å²) in [6.07, 6.45) is 1.79. The van der Waals surface area contributed by atoms with Crippen LogP contribution in [-0.4, -0.2) is 29.3 Å². The van der Waals surface area contributed by atoms with Crippen LogP contribution in [-0.2, 0) is 9.59 Å². The van der Waals surface area contributed by atoms with Crippen molar-refractivity contribution in [3.63, 3.8) is 0 Å². The zero-order valence-corrected chi connectivity index (χ0v) is 12.1. The average molecular weight is 293 g/mol. The van der Waals surface area contributed by atoms with Crippen molar-refractivity contribution < 1.29 is 14.7 Å². The molecule has 4 nitrogen and oxygen atoms in total. The van der Waals surface area contributed by atoms with E-state index in [0.29, 0.717) is 25.8 Å². The predicted molar refractivity (Wildman–Crippen MR) is 78.6 cm³/mol. The third kappa shape index (κ3) is 4.27. The first kappa shape index (κ1) is 14.9. The number of benzene rings is 1. The summed E-state index contributed by atoms with van der Waals surface area (Å²) in [5.41, 5.74) is 0. The number of carbonyl (C=O) groups excluding carboxylic acids is 1. The van der Waals surface area contributed by atoms with Gasteiger partial charge in [0.15, 0.2) is 0 Å². The van der Waals surface area contributed by atoms with Gasteiger partial charge in [-0.15, -0.1) is 11.8 Å². The van der Waals surface area contributed by atoms with Crippen LogP contribution in [0.25, 0.3) is 0 Å². The Labute approximate surface area is 123 Å². The van der Waals surface area contributed by atoms with E-state index in [4.69, 9.17) is 5.11 Å². The van der Waals surface area contributed by atoms with Crippen molar-refractivity contribution in [2.45, 2.75) is 24.2 Å². The van der Waals surface area contributed by atoms with Crippen LogP contribution in [0.4, 0.5) is 0 Å². The van der Waals surface area contributed by atoms with Gasteiger partial charge in [-0.3, -0.25) is 9.59 Å². The van der Waals surface area contributed by atoms with Gasteiger partial charge in [-0.2, -0.15) is 0 Å². The van der Waals surface area contributed by atoms with E-state index in [-0.39, 0.29) is 17.7 Å². The Balaban J connectivity index is 1.65. The third-order valence-corrected chi connectivity index (χ3v) is 4.58. The first-order valence-corrected chi connectivity index (χ1v) is 7.83. The smallest absolute Gasteiger partial charge is 0.306 e. The number of hydrogen-bond acceptors (Lipinski definition) is 3. The third-order valence-electron chi connectivity index (χ3n) is 3.57.